The van der Waals surface area contributed by atoms with E-state index in [-0.39, 0.29) is 18.0 Å². The monoisotopic (exact) mass is 214 g/mol. The fourth-order valence-corrected chi connectivity index (χ4v) is 1.06. The lowest BCUT2D eigenvalue weighted by molar-refractivity contribution is 0.285. The molecule has 0 bridgehead atoms. The van der Waals surface area contributed by atoms with E-state index >= 15 is 0 Å². The molecule has 1 aromatic carbocycles. The SMILES string of the molecule is CCCOc1c(F)cc(C(=N)N)cc1F. The van der Waals surface area contributed by atoms with E-state index in [2.05, 4.69) is 0 Å². The number of amidine groups is 1. The summed E-state index contributed by atoms with van der Waals surface area (Å²) in [7, 11) is 0. The molecule has 0 aliphatic heterocycles. The van der Waals surface area contributed by atoms with E-state index in [0.29, 0.717) is 6.42 Å². The molecule has 0 heterocycles. The molecule has 0 aliphatic carbocycles. The van der Waals surface area contributed by atoms with Gasteiger partial charge in [0.1, 0.15) is 5.84 Å². The van der Waals surface area contributed by atoms with Crippen molar-refractivity contribution in [3.05, 3.63) is 29.3 Å². The number of hydrogen-bond donors (Lipinski definition) is 2. The highest BCUT2D eigenvalue weighted by Gasteiger charge is 2.13. The van der Waals surface area contributed by atoms with Crippen LogP contribution in [0.3, 0.4) is 0 Å². The quantitative estimate of drug-likeness (QED) is 0.595. The molecular formula is C10H12F2N2O. The molecule has 0 saturated heterocycles. The van der Waals surface area contributed by atoms with Crippen LogP contribution < -0.4 is 10.5 Å². The van der Waals surface area contributed by atoms with Crippen molar-refractivity contribution in [2.45, 2.75) is 13.3 Å². The second kappa shape index (κ2) is 4.72. The maximum atomic E-state index is 13.3. The fraction of sp³-hybridized carbons (Fsp3) is 0.300. The van der Waals surface area contributed by atoms with Crippen molar-refractivity contribution in [2.75, 3.05) is 6.61 Å². The van der Waals surface area contributed by atoms with Gasteiger partial charge in [-0.25, -0.2) is 8.78 Å². The van der Waals surface area contributed by atoms with Gasteiger partial charge in [0.05, 0.1) is 6.61 Å². The van der Waals surface area contributed by atoms with E-state index in [1.807, 2.05) is 6.92 Å². The first-order valence-corrected chi connectivity index (χ1v) is 4.52. The van der Waals surface area contributed by atoms with Crippen LogP contribution in [0.5, 0.6) is 5.75 Å². The Morgan fingerprint density at radius 2 is 1.93 bits per heavy atom. The minimum atomic E-state index is -0.839. The molecule has 82 valence electrons. The first-order chi connectivity index (χ1) is 7.06. The number of ether oxygens (including phenoxy) is 1. The van der Waals surface area contributed by atoms with Crippen LogP contribution >= 0.6 is 0 Å². The molecule has 0 fully saturated rings. The topological polar surface area (TPSA) is 59.1 Å². The number of nitrogens with two attached hydrogens (primary N) is 1. The van der Waals surface area contributed by atoms with Gasteiger partial charge in [-0.2, -0.15) is 0 Å². The summed E-state index contributed by atoms with van der Waals surface area (Å²) in [6.45, 7) is 2.08. The first-order valence-electron chi connectivity index (χ1n) is 4.52. The molecule has 0 radical (unpaired) electrons. The summed E-state index contributed by atoms with van der Waals surface area (Å²) in [4.78, 5) is 0. The molecule has 1 aromatic rings. The zero-order chi connectivity index (χ0) is 11.4. The van der Waals surface area contributed by atoms with Gasteiger partial charge in [-0.05, 0) is 18.6 Å². The Labute approximate surface area is 86.4 Å². The van der Waals surface area contributed by atoms with Gasteiger partial charge in [0, 0.05) is 5.56 Å². The summed E-state index contributed by atoms with van der Waals surface area (Å²) in [5.41, 5.74) is 5.12. The Balaban J connectivity index is 3.04. The van der Waals surface area contributed by atoms with E-state index < -0.39 is 17.4 Å². The molecule has 0 aliphatic rings. The molecule has 0 atom stereocenters. The van der Waals surface area contributed by atoms with Crippen LogP contribution in [0.4, 0.5) is 8.78 Å². The number of halogens is 2. The predicted octanol–water partition coefficient (Wildman–Crippen LogP) is 2.04. The zero-order valence-electron chi connectivity index (χ0n) is 8.31. The minimum absolute atomic E-state index is 0.00819. The maximum absolute atomic E-state index is 13.3. The lowest BCUT2D eigenvalue weighted by Crippen LogP contribution is -2.12. The molecule has 0 amide bonds. The zero-order valence-corrected chi connectivity index (χ0v) is 8.31. The summed E-state index contributed by atoms with van der Waals surface area (Å²) in [5, 5.41) is 7.04. The number of nitrogen functional groups attached to an aromatic ring is 1. The highest BCUT2D eigenvalue weighted by atomic mass is 19.1. The van der Waals surface area contributed by atoms with Gasteiger partial charge in [0.2, 0.25) is 0 Å². The number of rotatable bonds is 4. The average molecular weight is 214 g/mol. The molecule has 15 heavy (non-hydrogen) atoms. The smallest absolute Gasteiger partial charge is 0.190 e. The second-order valence-electron chi connectivity index (χ2n) is 3.03. The summed E-state index contributed by atoms with van der Waals surface area (Å²) in [5.74, 6) is -2.47. The summed E-state index contributed by atoms with van der Waals surface area (Å²) >= 11 is 0. The van der Waals surface area contributed by atoms with Crippen LogP contribution in [-0.2, 0) is 0 Å². The Kier molecular flexibility index (Phi) is 3.60. The van der Waals surface area contributed by atoms with Gasteiger partial charge in [0.25, 0.3) is 0 Å². The standard InChI is InChI=1S/C10H12F2N2O/c1-2-3-15-9-7(11)4-6(10(13)14)5-8(9)12/h4-5H,2-3H2,1H3,(H3,13,14). The third-order valence-corrected chi connectivity index (χ3v) is 1.76. The number of nitrogens with one attached hydrogen (secondary N) is 1. The van der Waals surface area contributed by atoms with Gasteiger partial charge in [-0.1, -0.05) is 6.92 Å². The molecule has 5 heteroatoms. The van der Waals surface area contributed by atoms with Crippen LogP contribution in [0, 0.1) is 17.0 Å². The highest BCUT2D eigenvalue weighted by molar-refractivity contribution is 5.95. The Bertz CT molecular complexity index is 357. The average Bonchev–Trinajstić information content (AvgIpc) is 2.16. The molecule has 1 rings (SSSR count). The first kappa shape index (κ1) is 11.4. The van der Waals surface area contributed by atoms with Crippen molar-refractivity contribution in [3.8, 4) is 5.75 Å². The molecule has 0 aromatic heterocycles. The van der Waals surface area contributed by atoms with Crippen molar-refractivity contribution < 1.29 is 13.5 Å². The van der Waals surface area contributed by atoms with Gasteiger partial charge in [-0.15, -0.1) is 0 Å². The number of benzene rings is 1. The van der Waals surface area contributed by atoms with E-state index in [1.165, 1.54) is 0 Å². The molecule has 0 saturated carbocycles. The lowest BCUT2D eigenvalue weighted by Gasteiger charge is -2.08. The third-order valence-electron chi connectivity index (χ3n) is 1.76. The predicted molar refractivity (Wildman–Crippen MR) is 53.2 cm³/mol. The molecule has 0 spiro atoms. The molecule has 3 N–H and O–H groups in total. The van der Waals surface area contributed by atoms with Crippen LogP contribution in [-0.4, -0.2) is 12.4 Å². The van der Waals surface area contributed by atoms with Crippen LogP contribution in [0.15, 0.2) is 12.1 Å². The van der Waals surface area contributed by atoms with Crippen molar-refractivity contribution in [2.24, 2.45) is 5.73 Å². The van der Waals surface area contributed by atoms with Crippen molar-refractivity contribution in [3.63, 3.8) is 0 Å². The normalized spacial score (nSPS) is 10.1. The van der Waals surface area contributed by atoms with Crippen LogP contribution in [0.25, 0.3) is 0 Å². The van der Waals surface area contributed by atoms with Gasteiger partial charge >= 0.3 is 0 Å². The summed E-state index contributed by atoms with van der Waals surface area (Å²) in [6.07, 6.45) is 0.660. The number of hydrogen-bond acceptors (Lipinski definition) is 2. The lowest BCUT2D eigenvalue weighted by atomic mass is 10.2. The fourth-order valence-electron chi connectivity index (χ4n) is 1.06. The van der Waals surface area contributed by atoms with Crippen molar-refractivity contribution >= 4 is 5.84 Å². The Morgan fingerprint density at radius 1 is 1.40 bits per heavy atom. The largest absolute Gasteiger partial charge is 0.488 e. The Morgan fingerprint density at radius 3 is 2.33 bits per heavy atom. The molecule has 3 nitrogen and oxygen atoms in total. The van der Waals surface area contributed by atoms with E-state index in [1.54, 1.807) is 0 Å². The van der Waals surface area contributed by atoms with E-state index in [0.717, 1.165) is 12.1 Å². The van der Waals surface area contributed by atoms with Gasteiger partial charge in [0.15, 0.2) is 17.4 Å². The Hall–Kier alpha value is -1.65. The molecule has 0 unspecified atom stereocenters. The third kappa shape index (κ3) is 2.65. The summed E-state index contributed by atoms with van der Waals surface area (Å²) in [6, 6.07) is 1.97. The van der Waals surface area contributed by atoms with Crippen LogP contribution in [0.2, 0.25) is 0 Å². The maximum Gasteiger partial charge on any atom is 0.190 e. The van der Waals surface area contributed by atoms with Gasteiger partial charge in [-0.3, -0.25) is 5.41 Å². The van der Waals surface area contributed by atoms with Crippen molar-refractivity contribution in [1.29, 1.82) is 5.41 Å². The highest BCUT2D eigenvalue weighted by Crippen LogP contribution is 2.23. The van der Waals surface area contributed by atoms with E-state index in [4.69, 9.17) is 15.9 Å². The van der Waals surface area contributed by atoms with Gasteiger partial charge < -0.3 is 10.5 Å². The second-order valence-corrected chi connectivity index (χ2v) is 3.03. The summed E-state index contributed by atoms with van der Waals surface area (Å²) < 4.78 is 31.4. The van der Waals surface area contributed by atoms with E-state index in [9.17, 15) is 8.78 Å². The minimum Gasteiger partial charge on any atom is -0.488 e. The van der Waals surface area contributed by atoms with Crippen LogP contribution in [0.1, 0.15) is 18.9 Å². The molecular weight excluding hydrogens is 202 g/mol. The van der Waals surface area contributed by atoms with Crippen molar-refractivity contribution in [1.82, 2.24) is 0 Å².